The molecule has 4 rings (SSSR count). The molecule has 0 spiro atoms. The maximum Gasteiger partial charge on any atom is 0.343 e. The second-order valence-electron chi connectivity index (χ2n) is 8.06. The Balaban J connectivity index is 1.45. The molecule has 1 aromatic rings. The Morgan fingerprint density at radius 2 is 2.00 bits per heavy atom. The quantitative estimate of drug-likeness (QED) is 0.251. The van der Waals surface area contributed by atoms with Crippen LogP contribution < -0.4 is 21.4 Å². The van der Waals surface area contributed by atoms with Crippen LogP contribution in [0.3, 0.4) is 0 Å². The molecule has 4 atom stereocenters. The van der Waals surface area contributed by atoms with Crippen LogP contribution in [0.25, 0.3) is 0 Å². The normalized spacial score (nSPS) is 26.2. The first kappa shape index (κ1) is 22.8. The van der Waals surface area contributed by atoms with E-state index < -0.39 is 64.0 Å². The zero-order valence-electron chi connectivity index (χ0n) is 17.4. The molecule has 15 heteroatoms. The summed E-state index contributed by atoms with van der Waals surface area (Å²) in [6, 6.07) is -1.57. The number of imide groups is 1. The Hall–Kier alpha value is -3.33. The number of carboxylic acids is 1. The number of fused-ring (bicyclic) bond motifs is 1. The molecule has 3 saturated heterocycles. The van der Waals surface area contributed by atoms with Crippen molar-refractivity contribution in [1.29, 1.82) is 0 Å². The third-order valence-electron chi connectivity index (χ3n) is 5.37. The van der Waals surface area contributed by atoms with Crippen LogP contribution in [0.2, 0.25) is 0 Å². The number of amides is 7. The Morgan fingerprint density at radius 1 is 1.27 bits per heavy atom. The molecule has 3 unspecified atom stereocenters. The molecule has 0 saturated carbocycles. The first-order valence-corrected chi connectivity index (χ1v) is 11.5. The van der Waals surface area contributed by atoms with Crippen molar-refractivity contribution in [2.45, 2.75) is 42.1 Å². The lowest BCUT2D eigenvalue weighted by molar-refractivity contribution is -0.161. The molecular weight excluding hydrogens is 476 g/mol. The van der Waals surface area contributed by atoms with Gasteiger partial charge in [-0.1, -0.05) is 6.07 Å². The summed E-state index contributed by atoms with van der Waals surface area (Å²) in [4.78, 5) is 74.4. The number of carboxylic acid groups (broad SMARTS) is 1. The number of hydrazine groups is 1. The molecule has 4 heterocycles. The zero-order valence-corrected chi connectivity index (χ0v) is 19.0. The summed E-state index contributed by atoms with van der Waals surface area (Å²) in [6.45, 7) is 3.08. The van der Waals surface area contributed by atoms with E-state index in [4.69, 9.17) is 0 Å². The molecule has 33 heavy (non-hydrogen) atoms. The summed E-state index contributed by atoms with van der Waals surface area (Å²) < 4.78 is -0.745. The predicted octanol–water partition coefficient (Wildman–Crippen LogP) is -0.813. The molecule has 0 aromatic carbocycles. The smallest absolute Gasteiger partial charge is 0.343 e. The number of aliphatic carboxylic acids is 1. The molecule has 0 aliphatic carbocycles. The van der Waals surface area contributed by atoms with Crippen molar-refractivity contribution in [3.63, 3.8) is 0 Å². The van der Waals surface area contributed by atoms with Gasteiger partial charge in [-0.15, -0.1) is 23.1 Å². The fourth-order valence-corrected chi connectivity index (χ4v) is 6.32. The van der Waals surface area contributed by atoms with Crippen molar-refractivity contribution in [1.82, 2.24) is 31.3 Å². The van der Waals surface area contributed by atoms with Gasteiger partial charge in [0.1, 0.15) is 30.0 Å². The summed E-state index contributed by atoms with van der Waals surface area (Å²) in [5.74, 6) is -2.89. The van der Waals surface area contributed by atoms with Gasteiger partial charge < -0.3 is 20.6 Å². The summed E-state index contributed by atoms with van der Waals surface area (Å²) >= 11 is 2.48. The van der Waals surface area contributed by atoms with Crippen molar-refractivity contribution in [3.8, 4) is 0 Å². The predicted molar refractivity (Wildman–Crippen MR) is 115 cm³/mol. The van der Waals surface area contributed by atoms with E-state index in [2.05, 4.69) is 16.1 Å². The average Bonchev–Trinajstić information content (AvgIpc) is 3.41. The van der Waals surface area contributed by atoms with E-state index in [1.54, 1.807) is 31.4 Å². The average molecular weight is 497 g/mol. The topological polar surface area (TPSA) is 177 Å². The zero-order chi connectivity index (χ0) is 24.1. The van der Waals surface area contributed by atoms with Crippen LogP contribution in [-0.2, 0) is 19.2 Å². The molecule has 176 valence electrons. The monoisotopic (exact) mass is 496 g/mol. The molecule has 7 amide bonds. The molecule has 3 fully saturated rings. The number of thioether (sulfide) groups is 1. The second-order valence-corrected chi connectivity index (χ2v) is 10.8. The number of β-lactam (4-membered cyclic amide) rings is 1. The van der Waals surface area contributed by atoms with Gasteiger partial charge in [-0.25, -0.2) is 24.8 Å². The van der Waals surface area contributed by atoms with E-state index in [1.165, 1.54) is 28.0 Å². The molecule has 3 aliphatic rings. The number of thiophene rings is 1. The number of hydrogen-bond acceptors (Lipinski definition) is 8. The van der Waals surface area contributed by atoms with Gasteiger partial charge >= 0.3 is 18.0 Å². The molecule has 3 aliphatic heterocycles. The number of hydrogen-bond donors (Lipinski definition) is 5. The molecule has 1 aromatic heterocycles. The fraction of sp³-hybridized carbons (Fsp3) is 0.444. The van der Waals surface area contributed by atoms with Crippen molar-refractivity contribution in [2.75, 3.05) is 6.54 Å². The van der Waals surface area contributed by atoms with Gasteiger partial charge in [-0.05, 0) is 25.3 Å². The molecule has 0 bridgehead atoms. The van der Waals surface area contributed by atoms with Crippen molar-refractivity contribution >= 4 is 58.9 Å². The van der Waals surface area contributed by atoms with Gasteiger partial charge in [-0.2, -0.15) is 0 Å². The third kappa shape index (κ3) is 4.08. The van der Waals surface area contributed by atoms with Gasteiger partial charge in [0.05, 0.1) is 0 Å². The first-order chi connectivity index (χ1) is 15.5. The lowest BCUT2D eigenvalue weighted by Crippen LogP contribution is -2.71. The van der Waals surface area contributed by atoms with Gasteiger partial charge in [0, 0.05) is 9.62 Å². The summed E-state index contributed by atoms with van der Waals surface area (Å²) in [5, 5.41) is 18.5. The highest BCUT2D eigenvalue weighted by Gasteiger charge is 2.64. The Bertz CT molecular complexity index is 1050. The van der Waals surface area contributed by atoms with Gasteiger partial charge in [-0.3, -0.25) is 19.7 Å². The number of nitrogens with zero attached hydrogens (tertiary/aromatic N) is 2. The first-order valence-electron chi connectivity index (χ1n) is 9.74. The maximum atomic E-state index is 13.1. The van der Waals surface area contributed by atoms with Crippen LogP contribution in [0.4, 0.5) is 9.59 Å². The van der Waals surface area contributed by atoms with E-state index in [0.29, 0.717) is 4.88 Å². The molecule has 13 nitrogen and oxygen atoms in total. The highest BCUT2D eigenvalue weighted by molar-refractivity contribution is 8.01. The summed E-state index contributed by atoms with van der Waals surface area (Å²) in [5.41, 5.74) is 2.19. The van der Waals surface area contributed by atoms with Crippen LogP contribution in [0.15, 0.2) is 17.5 Å². The Labute approximate surface area is 195 Å². The number of nitrogens with one attached hydrogen (secondary N) is 4. The molecule has 0 radical (unpaired) electrons. The van der Waals surface area contributed by atoms with E-state index in [-0.39, 0.29) is 6.54 Å². The number of carbonyl (C=O) groups is 6. The Morgan fingerprint density at radius 3 is 2.58 bits per heavy atom. The lowest BCUT2D eigenvalue weighted by atomic mass is 9.96. The Kier molecular flexibility index (Phi) is 5.69. The van der Waals surface area contributed by atoms with Crippen molar-refractivity contribution < 1.29 is 33.9 Å². The van der Waals surface area contributed by atoms with Crippen LogP contribution in [0.5, 0.6) is 0 Å². The van der Waals surface area contributed by atoms with Crippen LogP contribution in [0.1, 0.15) is 24.8 Å². The summed E-state index contributed by atoms with van der Waals surface area (Å²) in [6.07, 6.45) is 0. The third-order valence-corrected chi connectivity index (χ3v) is 7.88. The van der Waals surface area contributed by atoms with E-state index >= 15 is 0 Å². The maximum absolute atomic E-state index is 13.1. The summed E-state index contributed by atoms with van der Waals surface area (Å²) in [7, 11) is 0. The standard InChI is InChI=1S/C18H20N6O7S2/c1-18(2)11(15(28)29)24-13(27)10(14(24)33-18)20-12(26)9(7-4-3-5-32-7)21-16(30)22-23-6-8(25)19-17(23)31/h3-5,9-11,14H,6H2,1-2H3,(H,20,26)(H,28,29)(H,19,25,31)(H2,21,22,30)/t9?,10-,11?,14?/m0/s1. The molecular formula is C18H20N6O7S2. The van der Waals surface area contributed by atoms with E-state index in [9.17, 15) is 33.9 Å². The molecule has 5 N–H and O–H groups in total. The van der Waals surface area contributed by atoms with Gasteiger partial charge in [0.25, 0.3) is 0 Å². The van der Waals surface area contributed by atoms with E-state index in [0.717, 1.165) is 5.01 Å². The van der Waals surface area contributed by atoms with Crippen LogP contribution in [-0.4, -0.2) is 79.5 Å². The van der Waals surface area contributed by atoms with Crippen LogP contribution in [0, 0.1) is 0 Å². The van der Waals surface area contributed by atoms with Crippen molar-refractivity contribution in [3.05, 3.63) is 22.4 Å². The van der Waals surface area contributed by atoms with E-state index in [1.807, 2.05) is 5.32 Å². The minimum absolute atomic E-state index is 0.367. The van der Waals surface area contributed by atoms with Gasteiger partial charge in [0.2, 0.25) is 17.7 Å². The van der Waals surface area contributed by atoms with Gasteiger partial charge in [0.15, 0.2) is 0 Å². The minimum Gasteiger partial charge on any atom is -0.480 e. The van der Waals surface area contributed by atoms with Crippen molar-refractivity contribution in [2.24, 2.45) is 0 Å². The second kappa shape index (κ2) is 8.22. The SMILES string of the molecule is CC1(C)SC2[C@@H](NC(=O)C(NC(=O)NN3CC(=O)NC3=O)c3cccs3)C(=O)N2C1C(=O)O. The number of rotatable bonds is 6. The highest BCUT2D eigenvalue weighted by atomic mass is 32.2. The fourth-order valence-electron chi connectivity index (χ4n) is 3.92. The highest BCUT2D eigenvalue weighted by Crippen LogP contribution is 2.50. The largest absolute Gasteiger partial charge is 0.480 e. The minimum atomic E-state index is -1.19. The lowest BCUT2D eigenvalue weighted by Gasteiger charge is -2.43. The van der Waals surface area contributed by atoms with Crippen LogP contribution >= 0.6 is 23.1 Å². The number of urea groups is 2. The number of carbonyl (C=O) groups excluding carboxylic acids is 5.